The number of likely N-dealkylation sites (N-methyl/N-ethyl adjacent to an activating group) is 1. The number of carbonyl (C=O) groups excluding carboxylic acids is 1. The lowest BCUT2D eigenvalue weighted by atomic mass is 10.0. The van der Waals surface area contributed by atoms with Crippen LogP contribution in [0.15, 0.2) is 24.3 Å². The van der Waals surface area contributed by atoms with Crippen LogP contribution in [-0.4, -0.2) is 25.0 Å². The van der Waals surface area contributed by atoms with Gasteiger partial charge in [-0.25, -0.2) is 0 Å². The van der Waals surface area contributed by atoms with E-state index >= 15 is 0 Å². The zero-order valence-corrected chi connectivity index (χ0v) is 12.1. The molecule has 17 heavy (non-hydrogen) atoms. The summed E-state index contributed by atoms with van der Waals surface area (Å²) in [5.74, 6) is 0.210. The predicted octanol–water partition coefficient (Wildman–Crippen LogP) is 2.40. The van der Waals surface area contributed by atoms with Crippen molar-refractivity contribution in [3.63, 3.8) is 0 Å². The molecule has 2 rings (SSSR count). The Hall–Kier alpha value is -0.620. The van der Waals surface area contributed by atoms with E-state index in [1.165, 1.54) is 0 Å². The summed E-state index contributed by atoms with van der Waals surface area (Å²) in [6.45, 7) is 3.72. The van der Waals surface area contributed by atoms with Crippen LogP contribution in [0.1, 0.15) is 19.8 Å². The summed E-state index contributed by atoms with van der Waals surface area (Å²) >= 11 is 2.29. The second-order valence-corrected chi connectivity index (χ2v) is 5.36. The first-order valence-corrected chi connectivity index (χ1v) is 7.11. The average molecular weight is 344 g/mol. The lowest BCUT2D eigenvalue weighted by Crippen LogP contribution is -2.51. The minimum absolute atomic E-state index is 0.00949. The van der Waals surface area contributed by atoms with Gasteiger partial charge < -0.3 is 10.2 Å². The van der Waals surface area contributed by atoms with Crippen LogP contribution in [0.2, 0.25) is 0 Å². The minimum atomic E-state index is -0.00949. The monoisotopic (exact) mass is 344 g/mol. The zero-order valence-electron chi connectivity index (χ0n) is 9.95. The van der Waals surface area contributed by atoms with Crippen molar-refractivity contribution >= 4 is 34.2 Å². The molecule has 1 fully saturated rings. The first kappa shape index (κ1) is 12.8. The molecule has 4 heteroatoms. The van der Waals surface area contributed by atoms with E-state index in [9.17, 15) is 4.79 Å². The summed E-state index contributed by atoms with van der Waals surface area (Å²) in [6, 6.07) is 8.04. The van der Waals surface area contributed by atoms with Gasteiger partial charge in [0.25, 0.3) is 0 Å². The molecular weight excluding hydrogens is 327 g/mol. The van der Waals surface area contributed by atoms with E-state index in [1.807, 2.05) is 36.1 Å². The van der Waals surface area contributed by atoms with Crippen molar-refractivity contribution in [1.29, 1.82) is 0 Å². The minimum Gasteiger partial charge on any atom is -0.310 e. The van der Waals surface area contributed by atoms with Crippen molar-refractivity contribution in [2.24, 2.45) is 0 Å². The number of hydrogen-bond donors (Lipinski definition) is 1. The molecule has 1 amide bonds. The van der Waals surface area contributed by atoms with Crippen LogP contribution in [0, 0.1) is 3.57 Å². The number of nitrogens with zero attached hydrogens (tertiary/aromatic N) is 1. The second-order valence-electron chi connectivity index (χ2n) is 4.19. The normalized spacial score (nSPS) is 20.7. The van der Waals surface area contributed by atoms with Gasteiger partial charge in [0.2, 0.25) is 5.91 Å². The van der Waals surface area contributed by atoms with Gasteiger partial charge in [0, 0.05) is 10.1 Å². The summed E-state index contributed by atoms with van der Waals surface area (Å²) in [7, 11) is 0. The van der Waals surface area contributed by atoms with Crippen molar-refractivity contribution in [3.05, 3.63) is 27.8 Å². The molecule has 1 unspecified atom stereocenters. The Kier molecular flexibility index (Phi) is 4.39. The molecule has 92 valence electrons. The molecule has 0 saturated carbocycles. The number of anilines is 1. The third-order valence-electron chi connectivity index (χ3n) is 3.03. The highest BCUT2D eigenvalue weighted by Gasteiger charge is 2.29. The van der Waals surface area contributed by atoms with Crippen LogP contribution < -0.4 is 10.2 Å². The molecule has 1 saturated heterocycles. The van der Waals surface area contributed by atoms with Crippen molar-refractivity contribution in [1.82, 2.24) is 5.32 Å². The number of rotatable bonds is 3. The molecule has 0 radical (unpaired) electrons. The first-order valence-electron chi connectivity index (χ1n) is 6.03. The number of piperidine rings is 1. The van der Waals surface area contributed by atoms with Crippen molar-refractivity contribution in [3.8, 4) is 0 Å². The summed E-state index contributed by atoms with van der Waals surface area (Å²) in [6.07, 6.45) is 2.01. The van der Waals surface area contributed by atoms with E-state index < -0.39 is 0 Å². The standard InChI is InChI=1S/C13H17IN2O/c1-2-15-11-7-5-9-16(13(11)17)12-8-4-3-6-10(12)14/h3-4,6,8,11,15H,2,5,7,9H2,1H3. The van der Waals surface area contributed by atoms with Crippen molar-refractivity contribution in [2.45, 2.75) is 25.8 Å². The molecule has 0 spiro atoms. The maximum Gasteiger partial charge on any atom is 0.244 e. The largest absolute Gasteiger partial charge is 0.310 e. The number of amides is 1. The van der Waals surface area contributed by atoms with Gasteiger partial charge in [-0.15, -0.1) is 0 Å². The maximum atomic E-state index is 12.3. The van der Waals surface area contributed by atoms with Crippen LogP contribution in [0.5, 0.6) is 0 Å². The molecule has 1 N–H and O–H groups in total. The summed E-state index contributed by atoms with van der Waals surface area (Å²) in [5, 5.41) is 3.26. The quantitative estimate of drug-likeness (QED) is 0.854. The van der Waals surface area contributed by atoms with Gasteiger partial charge in [0.15, 0.2) is 0 Å². The number of para-hydroxylation sites is 1. The van der Waals surface area contributed by atoms with Gasteiger partial charge in [0.1, 0.15) is 0 Å². The van der Waals surface area contributed by atoms with Gasteiger partial charge in [-0.1, -0.05) is 19.1 Å². The fourth-order valence-electron chi connectivity index (χ4n) is 2.22. The average Bonchev–Trinajstić information content (AvgIpc) is 2.33. The molecule has 1 heterocycles. The molecule has 1 aliphatic rings. The number of nitrogens with one attached hydrogen (secondary N) is 1. The predicted molar refractivity (Wildman–Crippen MR) is 78.2 cm³/mol. The molecule has 0 aromatic heterocycles. The number of carbonyl (C=O) groups is 1. The molecular formula is C13H17IN2O. The van der Waals surface area contributed by atoms with Crippen LogP contribution in [0.3, 0.4) is 0 Å². The molecule has 1 atom stereocenters. The smallest absolute Gasteiger partial charge is 0.244 e. The van der Waals surface area contributed by atoms with Crippen LogP contribution in [0.4, 0.5) is 5.69 Å². The third kappa shape index (κ3) is 2.80. The zero-order chi connectivity index (χ0) is 12.3. The Labute approximate surface area is 116 Å². The Morgan fingerprint density at radius 3 is 2.94 bits per heavy atom. The van der Waals surface area contributed by atoms with Crippen molar-refractivity contribution in [2.75, 3.05) is 18.0 Å². The molecule has 0 aliphatic carbocycles. The third-order valence-corrected chi connectivity index (χ3v) is 3.94. The topological polar surface area (TPSA) is 32.3 Å². The van der Waals surface area contributed by atoms with Gasteiger partial charge in [-0.3, -0.25) is 4.79 Å². The Morgan fingerprint density at radius 2 is 2.24 bits per heavy atom. The number of hydrogen-bond acceptors (Lipinski definition) is 2. The molecule has 1 aromatic rings. The summed E-state index contributed by atoms with van der Waals surface area (Å²) in [5.41, 5.74) is 1.04. The highest BCUT2D eigenvalue weighted by atomic mass is 127. The van der Waals surface area contributed by atoms with Crippen LogP contribution >= 0.6 is 22.6 Å². The second kappa shape index (κ2) is 5.82. The summed E-state index contributed by atoms with van der Waals surface area (Å²) in [4.78, 5) is 14.2. The van der Waals surface area contributed by atoms with Gasteiger partial charge in [-0.05, 0) is 54.1 Å². The first-order chi connectivity index (χ1) is 8.24. The fourth-order valence-corrected chi connectivity index (χ4v) is 2.90. The van der Waals surface area contributed by atoms with Crippen LogP contribution in [0.25, 0.3) is 0 Å². The number of halogens is 1. The van der Waals surface area contributed by atoms with Crippen LogP contribution in [-0.2, 0) is 4.79 Å². The van der Waals surface area contributed by atoms with E-state index in [1.54, 1.807) is 0 Å². The van der Waals surface area contributed by atoms with Gasteiger partial charge in [0.05, 0.1) is 11.7 Å². The van der Waals surface area contributed by atoms with E-state index in [2.05, 4.69) is 27.9 Å². The van der Waals surface area contributed by atoms with Crippen molar-refractivity contribution < 1.29 is 4.79 Å². The highest BCUT2D eigenvalue weighted by Crippen LogP contribution is 2.26. The molecule has 1 aromatic carbocycles. The van der Waals surface area contributed by atoms with E-state index in [0.717, 1.165) is 35.2 Å². The SMILES string of the molecule is CCNC1CCCN(c2ccccc2I)C1=O. The lowest BCUT2D eigenvalue weighted by molar-refractivity contribution is -0.121. The lowest BCUT2D eigenvalue weighted by Gasteiger charge is -2.33. The maximum absolute atomic E-state index is 12.3. The molecule has 0 bridgehead atoms. The van der Waals surface area contributed by atoms with E-state index in [0.29, 0.717) is 0 Å². The fraction of sp³-hybridized carbons (Fsp3) is 0.462. The Bertz CT molecular complexity index is 406. The Morgan fingerprint density at radius 1 is 1.47 bits per heavy atom. The van der Waals surface area contributed by atoms with E-state index in [-0.39, 0.29) is 11.9 Å². The molecule has 3 nitrogen and oxygen atoms in total. The van der Waals surface area contributed by atoms with E-state index in [4.69, 9.17) is 0 Å². The molecule has 1 aliphatic heterocycles. The Balaban J connectivity index is 2.21. The highest BCUT2D eigenvalue weighted by molar-refractivity contribution is 14.1. The van der Waals surface area contributed by atoms with Gasteiger partial charge in [-0.2, -0.15) is 0 Å². The summed E-state index contributed by atoms with van der Waals surface area (Å²) < 4.78 is 1.13. The van der Waals surface area contributed by atoms with Gasteiger partial charge >= 0.3 is 0 Å². The number of benzene rings is 1.